The summed E-state index contributed by atoms with van der Waals surface area (Å²) in [6.45, 7) is 0. The molecule has 124 valence electrons. The third-order valence-corrected chi connectivity index (χ3v) is 3.24. The number of alkyl halides is 3. The molecule has 0 amide bonds. The lowest BCUT2D eigenvalue weighted by Gasteiger charge is -2.15. The first-order valence-corrected chi connectivity index (χ1v) is 6.33. The van der Waals surface area contributed by atoms with Gasteiger partial charge in [0.2, 0.25) is 0 Å². The van der Waals surface area contributed by atoms with E-state index >= 15 is 0 Å². The molecule has 2 aromatic rings. The van der Waals surface area contributed by atoms with Gasteiger partial charge in [-0.3, -0.25) is 9.36 Å². The zero-order valence-electron chi connectivity index (χ0n) is 12.5. The predicted molar refractivity (Wildman–Crippen MR) is 75.4 cm³/mol. The molecule has 23 heavy (non-hydrogen) atoms. The normalized spacial score (nSPS) is 11.4. The SMILES string of the molecule is COc1ccc(-n2c(=O)cc(C(F)(F)F)n(C)c2=O)c(OC)c1. The summed E-state index contributed by atoms with van der Waals surface area (Å²) in [5, 5.41) is 0. The minimum Gasteiger partial charge on any atom is -0.497 e. The quantitative estimate of drug-likeness (QED) is 0.857. The molecule has 0 bridgehead atoms. The third-order valence-electron chi connectivity index (χ3n) is 3.24. The van der Waals surface area contributed by atoms with E-state index in [4.69, 9.17) is 9.47 Å². The van der Waals surface area contributed by atoms with Crippen molar-refractivity contribution in [3.05, 3.63) is 50.8 Å². The fraction of sp³-hybridized carbons (Fsp3) is 0.286. The second-order valence-electron chi connectivity index (χ2n) is 4.58. The Bertz CT molecular complexity index is 853. The van der Waals surface area contributed by atoms with Crippen LogP contribution >= 0.6 is 0 Å². The van der Waals surface area contributed by atoms with Crippen LogP contribution in [0.5, 0.6) is 11.5 Å². The van der Waals surface area contributed by atoms with Crippen LogP contribution in [0.1, 0.15) is 5.69 Å². The smallest absolute Gasteiger partial charge is 0.431 e. The first kappa shape index (κ1) is 16.7. The highest BCUT2D eigenvalue weighted by Gasteiger charge is 2.35. The van der Waals surface area contributed by atoms with Crippen molar-refractivity contribution in [2.75, 3.05) is 14.2 Å². The zero-order chi connectivity index (χ0) is 17.4. The van der Waals surface area contributed by atoms with Gasteiger partial charge >= 0.3 is 11.9 Å². The average Bonchev–Trinajstić information content (AvgIpc) is 2.50. The van der Waals surface area contributed by atoms with Crippen LogP contribution in [0.15, 0.2) is 33.9 Å². The van der Waals surface area contributed by atoms with Crippen molar-refractivity contribution >= 4 is 0 Å². The van der Waals surface area contributed by atoms with E-state index in [2.05, 4.69) is 0 Å². The van der Waals surface area contributed by atoms with E-state index < -0.39 is 23.1 Å². The summed E-state index contributed by atoms with van der Waals surface area (Å²) in [4.78, 5) is 24.3. The van der Waals surface area contributed by atoms with Crippen molar-refractivity contribution in [2.24, 2.45) is 7.05 Å². The van der Waals surface area contributed by atoms with Crippen LogP contribution in [-0.4, -0.2) is 23.4 Å². The van der Waals surface area contributed by atoms with E-state index in [1.54, 1.807) is 0 Å². The van der Waals surface area contributed by atoms with Gasteiger partial charge in [-0.1, -0.05) is 0 Å². The topological polar surface area (TPSA) is 62.5 Å². The highest BCUT2D eigenvalue weighted by Crippen LogP contribution is 2.28. The number of halogens is 3. The fourth-order valence-corrected chi connectivity index (χ4v) is 2.09. The molecular formula is C14H13F3N2O4. The van der Waals surface area contributed by atoms with Crippen molar-refractivity contribution in [1.29, 1.82) is 0 Å². The zero-order valence-corrected chi connectivity index (χ0v) is 12.5. The second-order valence-corrected chi connectivity index (χ2v) is 4.58. The van der Waals surface area contributed by atoms with Gasteiger partial charge in [0, 0.05) is 19.2 Å². The van der Waals surface area contributed by atoms with Crippen LogP contribution in [0.25, 0.3) is 5.69 Å². The molecule has 1 aromatic carbocycles. The molecule has 0 atom stereocenters. The van der Waals surface area contributed by atoms with Crippen LogP contribution in [-0.2, 0) is 13.2 Å². The number of benzene rings is 1. The highest BCUT2D eigenvalue weighted by molar-refractivity contribution is 5.51. The largest absolute Gasteiger partial charge is 0.497 e. The number of methoxy groups -OCH3 is 2. The number of rotatable bonds is 3. The van der Waals surface area contributed by atoms with Crippen LogP contribution in [0.3, 0.4) is 0 Å². The van der Waals surface area contributed by atoms with Gasteiger partial charge in [0.1, 0.15) is 17.2 Å². The molecule has 0 saturated heterocycles. The molecule has 1 heterocycles. The molecule has 0 spiro atoms. The fourth-order valence-electron chi connectivity index (χ4n) is 2.09. The minimum atomic E-state index is -4.81. The Kier molecular flexibility index (Phi) is 4.22. The van der Waals surface area contributed by atoms with Gasteiger partial charge in [-0.25, -0.2) is 9.36 Å². The van der Waals surface area contributed by atoms with Gasteiger partial charge in [0.05, 0.1) is 19.9 Å². The lowest BCUT2D eigenvalue weighted by atomic mass is 10.2. The molecule has 0 fully saturated rings. The molecular weight excluding hydrogens is 317 g/mol. The number of hydrogen-bond donors (Lipinski definition) is 0. The Balaban J connectivity index is 2.79. The summed E-state index contributed by atoms with van der Waals surface area (Å²) >= 11 is 0. The number of nitrogens with zero attached hydrogens (tertiary/aromatic N) is 2. The van der Waals surface area contributed by atoms with Crippen LogP contribution in [0, 0.1) is 0 Å². The molecule has 0 aliphatic rings. The summed E-state index contributed by atoms with van der Waals surface area (Å²) in [7, 11) is 3.66. The maximum absolute atomic E-state index is 12.8. The molecule has 0 unspecified atom stereocenters. The van der Waals surface area contributed by atoms with E-state index in [-0.39, 0.29) is 11.4 Å². The summed E-state index contributed by atoms with van der Waals surface area (Å²) in [5.74, 6) is 0.519. The van der Waals surface area contributed by atoms with Crippen molar-refractivity contribution in [3.63, 3.8) is 0 Å². The molecule has 0 aliphatic carbocycles. The standard InChI is InChI=1S/C14H13F3N2O4/c1-18-11(14(15,16)17)7-12(20)19(13(18)21)9-5-4-8(22-2)6-10(9)23-3/h4-7H,1-3H3. The van der Waals surface area contributed by atoms with Crippen molar-refractivity contribution in [3.8, 4) is 17.2 Å². The van der Waals surface area contributed by atoms with Crippen molar-refractivity contribution < 1.29 is 22.6 Å². The second kappa shape index (κ2) is 5.82. The average molecular weight is 330 g/mol. The lowest BCUT2D eigenvalue weighted by molar-refractivity contribution is -0.144. The van der Waals surface area contributed by atoms with E-state index in [1.807, 2.05) is 0 Å². The summed E-state index contributed by atoms with van der Waals surface area (Å²) in [5.41, 5.74) is -3.54. The number of ether oxygens (including phenoxy) is 2. The van der Waals surface area contributed by atoms with Crippen LogP contribution in [0.4, 0.5) is 13.2 Å². The van der Waals surface area contributed by atoms with Gasteiger partial charge in [0.15, 0.2) is 0 Å². The van der Waals surface area contributed by atoms with Gasteiger partial charge < -0.3 is 9.47 Å². The summed E-state index contributed by atoms with van der Waals surface area (Å²) in [6.07, 6.45) is -4.81. The first-order chi connectivity index (χ1) is 10.7. The van der Waals surface area contributed by atoms with Crippen LogP contribution < -0.4 is 20.7 Å². The Labute approximate surface area is 128 Å². The Hall–Kier alpha value is -2.71. The van der Waals surface area contributed by atoms with E-state index in [1.165, 1.54) is 32.4 Å². The highest BCUT2D eigenvalue weighted by atomic mass is 19.4. The minimum absolute atomic E-state index is 0.0209. The van der Waals surface area contributed by atoms with E-state index in [9.17, 15) is 22.8 Å². The van der Waals surface area contributed by atoms with Gasteiger partial charge in [-0.2, -0.15) is 13.2 Å². The number of aromatic nitrogens is 2. The molecule has 1 aromatic heterocycles. The molecule has 9 heteroatoms. The van der Waals surface area contributed by atoms with Crippen molar-refractivity contribution in [2.45, 2.75) is 6.18 Å². The Morgan fingerprint density at radius 3 is 2.22 bits per heavy atom. The Morgan fingerprint density at radius 1 is 1.04 bits per heavy atom. The lowest BCUT2D eigenvalue weighted by Crippen LogP contribution is -2.40. The molecule has 0 saturated carbocycles. The van der Waals surface area contributed by atoms with Gasteiger partial charge in [-0.15, -0.1) is 0 Å². The first-order valence-electron chi connectivity index (χ1n) is 6.33. The van der Waals surface area contributed by atoms with E-state index in [0.717, 1.165) is 7.05 Å². The summed E-state index contributed by atoms with van der Waals surface area (Å²) < 4.78 is 49.6. The molecule has 0 radical (unpaired) electrons. The maximum atomic E-state index is 12.8. The molecule has 2 rings (SSSR count). The molecule has 0 N–H and O–H groups in total. The summed E-state index contributed by atoms with van der Waals surface area (Å²) in [6, 6.07) is 4.60. The van der Waals surface area contributed by atoms with Gasteiger partial charge in [0.25, 0.3) is 5.56 Å². The number of hydrogen-bond acceptors (Lipinski definition) is 4. The maximum Gasteiger partial charge on any atom is 0.431 e. The molecule has 0 aliphatic heterocycles. The van der Waals surface area contributed by atoms with E-state index in [0.29, 0.717) is 21.0 Å². The third kappa shape index (κ3) is 2.94. The van der Waals surface area contributed by atoms with Crippen LogP contribution in [0.2, 0.25) is 0 Å². The Morgan fingerprint density at radius 2 is 1.70 bits per heavy atom. The predicted octanol–water partition coefficient (Wildman–Crippen LogP) is 1.57. The monoisotopic (exact) mass is 330 g/mol. The van der Waals surface area contributed by atoms with Gasteiger partial charge in [-0.05, 0) is 12.1 Å². The molecule has 6 nitrogen and oxygen atoms in total. The van der Waals surface area contributed by atoms with Crippen molar-refractivity contribution in [1.82, 2.24) is 9.13 Å².